The van der Waals surface area contributed by atoms with Crippen molar-refractivity contribution in [1.29, 1.82) is 0 Å². The molecule has 28 heavy (non-hydrogen) atoms. The molecule has 0 radical (unpaired) electrons. The molecule has 5 nitrogen and oxygen atoms in total. The van der Waals surface area contributed by atoms with Crippen LogP contribution in [0.1, 0.15) is 42.5 Å². The van der Waals surface area contributed by atoms with Gasteiger partial charge in [-0.25, -0.2) is 9.98 Å². The van der Waals surface area contributed by atoms with Crippen LogP contribution in [0.15, 0.2) is 34.6 Å². The van der Waals surface area contributed by atoms with Crippen LogP contribution in [-0.2, 0) is 19.3 Å². The Morgan fingerprint density at radius 3 is 2.71 bits per heavy atom. The monoisotopic (exact) mass is 412 g/mol. The molecule has 0 amide bonds. The van der Waals surface area contributed by atoms with Gasteiger partial charge in [-0.3, -0.25) is 0 Å². The third-order valence-corrected chi connectivity index (χ3v) is 5.17. The number of guanidine groups is 1. The van der Waals surface area contributed by atoms with Gasteiger partial charge in [-0.05, 0) is 32.3 Å². The number of alkyl halides is 3. The number of aromatic nitrogens is 1. The Bertz CT molecular complexity index is 802. The highest BCUT2D eigenvalue weighted by Gasteiger charge is 2.33. The maximum Gasteiger partial charge on any atom is 0.434 e. The number of benzene rings is 1. The Hall–Kier alpha value is -2.29. The van der Waals surface area contributed by atoms with Gasteiger partial charge in [0.1, 0.15) is 10.8 Å². The second kappa shape index (κ2) is 9.27. The molecular formula is C19H23F3N4OS. The molecule has 1 aromatic carbocycles. The standard InChI is InChI=1S/C19H23F3N4OS/c1-2-23-18(25-11-17-26-16(12-28-17)19(20,21)22)24-10-13-6-3-4-9-15(13)27-14-7-5-8-14/h3-4,6,9,12,14H,2,5,7-8,10-11H2,1H3,(H2,23,24,25). The molecule has 0 bridgehead atoms. The van der Waals surface area contributed by atoms with Crippen molar-refractivity contribution in [1.82, 2.24) is 15.6 Å². The lowest BCUT2D eigenvalue weighted by atomic mass is 9.96. The lowest BCUT2D eigenvalue weighted by molar-refractivity contribution is -0.140. The van der Waals surface area contributed by atoms with Crippen molar-refractivity contribution in [2.75, 3.05) is 6.54 Å². The zero-order valence-corrected chi connectivity index (χ0v) is 16.4. The summed E-state index contributed by atoms with van der Waals surface area (Å²) in [6, 6.07) is 7.79. The van der Waals surface area contributed by atoms with Crippen molar-refractivity contribution in [3.05, 3.63) is 45.9 Å². The molecule has 0 aliphatic heterocycles. The van der Waals surface area contributed by atoms with E-state index in [1.165, 1.54) is 6.42 Å². The van der Waals surface area contributed by atoms with Crippen molar-refractivity contribution in [3.63, 3.8) is 0 Å². The van der Waals surface area contributed by atoms with Crippen molar-refractivity contribution >= 4 is 17.3 Å². The topological polar surface area (TPSA) is 58.5 Å². The van der Waals surface area contributed by atoms with E-state index >= 15 is 0 Å². The van der Waals surface area contributed by atoms with E-state index in [9.17, 15) is 13.2 Å². The van der Waals surface area contributed by atoms with Gasteiger partial charge in [0.25, 0.3) is 0 Å². The molecule has 1 aliphatic rings. The molecule has 1 heterocycles. The molecule has 1 aliphatic carbocycles. The molecule has 2 aromatic rings. The van der Waals surface area contributed by atoms with Crippen LogP contribution in [-0.4, -0.2) is 23.6 Å². The molecule has 2 N–H and O–H groups in total. The minimum atomic E-state index is -4.42. The van der Waals surface area contributed by atoms with Crippen LogP contribution in [0, 0.1) is 0 Å². The molecule has 0 atom stereocenters. The van der Waals surface area contributed by atoms with Gasteiger partial charge in [-0.2, -0.15) is 13.2 Å². The van der Waals surface area contributed by atoms with E-state index in [4.69, 9.17) is 4.74 Å². The predicted octanol–water partition coefficient (Wildman–Crippen LogP) is 4.35. The van der Waals surface area contributed by atoms with Crippen molar-refractivity contribution in [2.45, 2.75) is 51.6 Å². The largest absolute Gasteiger partial charge is 0.490 e. The van der Waals surface area contributed by atoms with Crippen LogP contribution >= 0.6 is 11.3 Å². The maximum atomic E-state index is 12.7. The van der Waals surface area contributed by atoms with Crippen molar-refractivity contribution in [3.8, 4) is 5.75 Å². The highest BCUT2D eigenvalue weighted by atomic mass is 32.1. The van der Waals surface area contributed by atoms with Crippen LogP contribution in [0.25, 0.3) is 0 Å². The number of para-hydroxylation sites is 1. The number of hydrogen-bond donors (Lipinski definition) is 2. The summed E-state index contributed by atoms with van der Waals surface area (Å²) in [5.41, 5.74) is 0.110. The van der Waals surface area contributed by atoms with E-state index < -0.39 is 11.9 Å². The SMILES string of the molecule is CCNC(=NCc1ccccc1OC1CCC1)NCc1nc(C(F)(F)F)cs1. The Balaban J connectivity index is 1.62. The van der Waals surface area contributed by atoms with Gasteiger partial charge in [0.15, 0.2) is 11.7 Å². The number of rotatable bonds is 7. The number of thiazole rings is 1. The number of hydrogen-bond acceptors (Lipinski definition) is 4. The molecule has 0 spiro atoms. The smallest absolute Gasteiger partial charge is 0.434 e. The quantitative estimate of drug-likeness (QED) is 0.524. The van der Waals surface area contributed by atoms with Gasteiger partial charge in [-0.1, -0.05) is 18.2 Å². The first-order valence-electron chi connectivity index (χ1n) is 9.24. The Morgan fingerprint density at radius 1 is 1.29 bits per heavy atom. The number of nitrogens with one attached hydrogen (secondary N) is 2. The van der Waals surface area contributed by atoms with Gasteiger partial charge >= 0.3 is 6.18 Å². The van der Waals surface area contributed by atoms with Crippen LogP contribution in [0.2, 0.25) is 0 Å². The fraction of sp³-hybridized carbons (Fsp3) is 0.474. The summed E-state index contributed by atoms with van der Waals surface area (Å²) in [4.78, 5) is 8.16. The Labute approximate surface area is 166 Å². The third kappa shape index (κ3) is 5.60. The van der Waals surface area contributed by atoms with E-state index in [1.54, 1.807) is 0 Å². The van der Waals surface area contributed by atoms with Gasteiger partial charge in [0.05, 0.1) is 19.2 Å². The van der Waals surface area contributed by atoms with Crippen LogP contribution < -0.4 is 15.4 Å². The number of aliphatic imine (C=N–C) groups is 1. The number of halogens is 3. The zero-order valence-electron chi connectivity index (χ0n) is 15.6. The molecule has 1 saturated carbocycles. The highest BCUT2D eigenvalue weighted by Crippen LogP contribution is 2.30. The molecule has 9 heteroatoms. The molecule has 1 aromatic heterocycles. The Kier molecular flexibility index (Phi) is 6.77. The van der Waals surface area contributed by atoms with Gasteiger partial charge in [0, 0.05) is 17.5 Å². The summed E-state index contributed by atoms with van der Waals surface area (Å²) in [6.45, 7) is 3.14. The zero-order chi connectivity index (χ0) is 20.0. The maximum absolute atomic E-state index is 12.7. The van der Waals surface area contributed by atoms with Gasteiger partial charge < -0.3 is 15.4 Å². The van der Waals surface area contributed by atoms with Gasteiger partial charge in [-0.15, -0.1) is 11.3 Å². The lowest BCUT2D eigenvalue weighted by Gasteiger charge is -2.27. The minimum Gasteiger partial charge on any atom is -0.490 e. The average Bonchev–Trinajstić information content (AvgIpc) is 3.11. The normalized spacial score (nSPS) is 15.2. The molecular weight excluding hydrogens is 389 g/mol. The van der Waals surface area contributed by atoms with Crippen LogP contribution in [0.4, 0.5) is 13.2 Å². The summed E-state index contributed by atoms with van der Waals surface area (Å²) >= 11 is 0.973. The lowest BCUT2D eigenvalue weighted by Crippen LogP contribution is -2.36. The van der Waals surface area contributed by atoms with E-state index in [-0.39, 0.29) is 12.6 Å². The molecule has 1 fully saturated rings. The Morgan fingerprint density at radius 2 is 2.07 bits per heavy atom. The van der Waals surface area contributed by atoms with E-state index in [0.29, 0.717) is 24.1 Å². The first-order valence-corrected chi connectivity index (χ1v) is 10.1. The highest BCUT2D eigenvalue weighted by molar-refractivity contribution is 7.09. The summed E-state index contributed by atoms with van der Waals surface area (Å²) in [7, 11) is 0. The predicted molar refractivity (Wildman–Crippen MR) is 103 cm³/mol. The van der Waals surface area contributed by atoms with Gasteiger partial charge in [0.2, 0.25) is 0 Å². The van der Waals surface area contributed by atoms with E-state index in [2.05, 4.69) is 20.6 Å². The molecule has 152 valence electrons. The van der Waals surface area contributed by atoms with E-state index in [0.717, 1.165) is 40.9 Å². The van der Waals surface area contributed by atoms with Crippen molar-refractivity contribution in [2.24, 2.45) is 4.99 Å². The van der Waals surface area contributed by atoms with E-state index in [1.807, 2.05) is 31.2 Å². The second-order valence-electron chi connectivity index (χ2n) is 6.45. The first kappa shape index (κ1) is 20.4. The second-order valence-corrected chi connectivity index (χ2v) is 7.39. The number of ether oxygens (including phenoxy) is 1. The summed E-state index contributed by atoms with van der Waals surface area (Å²) in [5, 5.41) is 7.50. The molecule has 0 unspecified atom stereocenters. The van der Waals surface area contributed by atoms with Crippen LogP contribution in [0.3, 0.4) is 0 Å². The summed E-state index contributed by atoms with van der Waals surface area (Å²) in [6.07, 6.45) is -0.779. The fourth-order valence-corrected chi connectivity index (χ4v) is 3.35. The summed E-state index contributed by atoms with van der Waals surface area (Å²) < 4.78 is 44.0. The van der Waals surface area contributed by atoms with Crippen molar-refractivity contribution < 1.29 is 17.9 Å². The van der Waals surface area contributed by atoms with Crippen LogP contribution in [0.5, 0.6) is 5.75 Å². The fourth-order valence-electron chi connectivity index (χ4n) is 2.61. The minimum absolute atomic E-state index is 0.173. The first-order chi connectivity index (χ1) is 13.5. The third-order valence-electron chi connectivity index (χ3n) is 4.32. The number of nitrogens with zero attached hydrogens (tertiary/aromatic N) is 2. The average molecular weight is 412 g/mol. The molecule has 0 saturated heterocycles. The molecule has 3 rings (SSSR count). The summed E-state index contributed by atoms with van der Waals surface area (Å²) in [5.74, 6) is 1.35.